The average molecular weight is 973 g/mol. The molecule has 0 spiro atoms. The second-order valence-corrected chi connectivity index (χ2v) is 18.0. The first-order valence-corrected chi connectivity index (χ1v) is 24.8. The molecule has 0 aliphatic carbocycles. The fourth-order valence-electron chi connectivity index (χ4n) is 8.97. The van der Waals surface area contributed by atoms with E-state index in [1.807, 2.05) is 212 Å². The molecule has 0 saturated carbocycles. The molecule has 9 rings (SSSR count). The number of aliphatic hydroxyl groups is 1. The minimum atomic E-state index is -1.41. The van der Waals surface area contributed by atoms with Gasteiger partial charge in [-0.3, -0.25) is 0 Å². The molecule has 0 amide bonds. The number of aliphatic hydroxyl groups excluding tert-OH is 1. The summed E-state index contributed by atoms with van der Waals surface area (Å²) in [4.78, 5) is 0. The monoisotopic (exact) mass is 972 g/mol. The maximum atomic E-state index is 12.0. The van der Waals surface area contributed by atoms with E-state index in [9.17, 15) is 5.11 Å². The topological polar surface area (TPSA) is 113 Å². The zero-order chi connectivity index (χ0) is 49.0. The van der Waals surface area contributed by atoms with Crippen molar-refractivity contribution in [3.05, 3.63) is 251 Å². The molecule has 2 heterocycles. The molecule has 7 aromatic rings. The van der Waals surface area contributed by atoms with Crippen molar-refractivity contribution < 1.29 is 52.5 Å². The van der Waals surface area contributed by atoms with Crippen molar-refractivity contribution in [2.45, 2.75) is 108 Å². The molecule has 2 saturated heterocycles. The second kappa shape index (κ2) is 27.2. The Morgan fingerprint density at radius 2 is 0.569 bits per heavy atom. The molecule has 374 valence electrons. The van der Waals surface area contributed by atoms with Crippen LogP contribution in [0.2, 0.25) is 0 Å². The summed E-state index contributed by atoms with van der Waals surface area (Å²) in [6.45, 7) is 1.91. The Morgan fingerprint density at radius 1 is 0.292 bits per heavy atom. The van der Waals surface area contributed by atoms with E-state index in [1.54, 1.807) is 0 Å². The van der Waals surface area contributed by atoms with Gasteiger partial charge in [0, 0.05) is 0 Å². The highest BCUT2D eigenvalue weighted by atomic mass is 16.8. The molecule has 0 bridgehead atoms. The van der Waals surface area contributed by atoms with E-state index in [1.165, 1.54) is 0 Å². The van der Waals surface area contributed by atoms with Gasteiger partial charge in [0.25, 0.3) is 0 Å². The molecule has 11 heteroatoms. The van der Waals surface area contributed by atoms with Crippen LogP contribution in [-0.4, -0.2) is 79.7 Å². The van der Waals surface area contributed by atoms with Gasteiger partial charge in [-0.2, -0.15) is 0 Å². The van der Waals surface area contributed by atoms with Crippen molar-refractivity contribution in [3.8, 4) is 0 Å². The van der Waals surface area contributed by atoms with Gasteiger partial charge in [-0.1, -0.05) is 212 Å². The Morgan fingerprint density at radius 3 is 0.931 bits per heavy atom. The molecule has 72 heavy (non-hydrogen) atoms. The third kappa shape index (κ3) is 14.8. The summed E-state index contributed by atoms with van der Waals surface area (Å²) in [7, 11) is 0. The lowest BCUT2D eigenvalue weighted by Gasteiger charge is -2.49. The van der Waals surface area contributed by atoms with Gasteiger partial charge in [-0.05, 0) is 38.9 Å². The van der Waals surface area contributed by atoms with Gasteiger partial charge in [-0.25, -0.2) is 0 Å². The SMILES string of the molecule is OC1O[C@H](COCc2ccccc2)[C@@H](O[C@@H]2O[C@H](COCc3ccccc3)[C@@H](OCc3ccccc3)[C@H](OCc3ccccc3)[C@H]2OCc2ccccc2)[C@H](OCc2ccccc2)[C@H]1OCc1ccccc1. The molecular formula is C61H64O11. The predicted molar refractivity (Wildman–Crippen MR) is 272 cm³/mol. The van der Waals surface area contributed by atoms with Crippen LogP contribution in [0.5, 0.6) is 0 Å². The van der Waals surface area contributed by atoms with Gasteiger partial charge in [0.15, 0.2) is 12.6 Å². The van der Waals surface area contributed by atoms with Crippen LogP contribution < -0.4 is 0 Å². The third-order valence-electron chi connectivity index (χ3n) is 12.7. The lowest BCUT2D eigenvalue weighted by atomic mass is 9.95. The Labute approximate surface area is 423 Å². The summed E-state index contributed by atoms with van der Waals surface area (Å²) in [5.41, 5.74) is 6.75. The number of ether oxygens (including phenoxy) is 10. The van der Waals surface area contributed by atoms with E-state index in [2.05, 4.69) is 0 Å². The average Bonchev–Trinajstić information content (AvgIpc) is 3.43. The zero-order valence-electron chi connectivity index (χ0n) is 40.4. The molecule has 2 fully saturated rings. The van der Waals surface area contributed by atoms with Crippen LogP contribution in [0.1, 0.15) is 38.9 Å². The van der Waals surface area contributed by atoms with Crippen molar-refractivity contribution in [2.24, 2.45) is 0 Å². The van der Waals surface area contributed by atoms with Crippen LogP contribution in [0.25, 0.3) is 0 Å². The van der Waals surface area contributed by atoms with Crippen LogP contribution >= 0.6 is 0 Å². The first kappa shape index (κ1) is 51.0. The summed E-state index contributed by atoms with van der Waals surface area (Å²) in [6.07, 6.45) is -9.37. The number of rotatable bonds is 25. The minimum Gasteiger partial charge on any atom is -0.374 e. The summed E-state index contributed by atoms with van der Waals surface area (Å²) in [5, 5.41) is 12.0. The zero-order valence-corrected chi connectivity index (χ0v) is 40.4. The highest BCUT2D eigenvalue weighted by molar-refractivity contribution is 5.19. The van der Waals surface area contributed by atoms with Gasteiger partial charge in [-0.15, -0.1) is 0 Å². The van der Waals surface area contributed by atoms with Gasteiger partial charge >= 0.3 is 0 Å². The largest absolute Gasteiger partial charge is 0.374 e. The lowest BCUT2D eigenvalue weighted by molar-refractivity contribution is -0.374. The van der Waals surface area contributed by atoms with Crippen LogP contribution in [0.4, 0.5) is 0 Å². The summed E-state index contributed by atoms with van der Waals surface area (Å²) >= 11 is 0. The van der Waals surface area contributed by atoms with E-state index < -0.39 is 61.4 Å². The van der Waals surface area contributed by atoms with E-state index in [4.69, 9.17) is 47.4 Å². The van der Waals surface area contributed by atoms with Crippen molar-refractivity contribution in [1.82, 2.24) is 0 Å². The van der Waals surface area contributed by atoms with Crippen LogP contribution in [-0.2, 0) is 93.6 Å². The molecule has 7 aromatic carbocycles. The maximum absolute atomic E-state index is 12.0. The standard InChI is InChI=1S/C61H64O11/c62-60-58(68-41-50-32-18-6-19-33-50)57(67-40-49-30-16-5-17-31-49)55(53(70-60)44-64-37-46-24-10-2-11-25-46)72-61-59(69-42-51-34-20-7-21-35-51)56(66-39-48-28-14-4-15-29-48)54(65-38-47-26-12-3-13-27-47)52(71-61)43-63-36-45-22-8-1-9-23-45/h1-35,52-62H,36-44H2/t52-,53-,54-,55-,56+,57+,58-,59-,60?,61+/m1/s1. The van der Waals surface area contributed by atoms with E-state index in [0.717, 1.165) is 38.9 Å². The van der Waals surface area contributed by atoms with Gasteiger partial charge in [0.1, 0.15) is 48.8 Å². The van der Waals surface area contributed by atoms with Gasteiger partial charge in [0.2, 0.25) is 0 Å². The molecular weight excluding hydrogens is 909 g/mol. The van der Waals surface area contributed by atoms with Gasteiger partial charge in [0.05, 0.1) is 59.5 Å². The van der Waals surface area contributed by atoms with Crippen molar-refractivity contribution in [2.75, 3.05) is 13.2 Å². The fourth-order valence-corrected chi connectivity index (χ4v) is 8.97. The maximum Gasteiger partial charge on any atom is 0.187 e. The highest BCUT2D eigenvalue weighted by Crippen LogP contribution is 2.36. The summed E-state index contributed by atoms with van der Waals surface area (Å²) in [5.74, 6) is 0. The van der Waals surface area contributed by atoms with Crippen molar-refractivity contribution in [3.63, 3.8) is 0 Å². The normalized spacial score (nSPS) is 24.2. The number of hydrogen-bond donors (Lipinski definition) is 1. The van der Waals surface area contributed by atoms with Crippen molar-refractivity contribution >= 4 is 0 Å². The van der Waals surface area contributed by atoms with E-state index >= 15 is 0 Å². The minimum absolute atomic E-state index is 0.0375. The number of benzene rings is 7. The molecule has 2 aliphatic heterocycles. The first-order chi connectivity index (χ1) is 35.6. The molecule has 11 nitrogen and oxygen atoms in total. The highest BCUT2D eigenvalue weighted by Gasteiger charge is 2.54. The number of hydrogen-bond acceptors (Lipinski definition) is 11. The Hall–Kier alpha value is -5.90. The fraction of sp³-hybridized carbons (Fsp3) is 0.311. The quantitative estimate of drug-likeness (QED) is 0.0591. The smallest absolute Gasteiger partial charge is 0.187 e. The molecule has 0 aromatic heterocycles. The lowest BCUT2D eigenvalue weighted by Crippen LogP contribution is -2.66. The predicted octanol–water partition coefficient (Wildman–Crippen LogP) is 10.2. The first-order valence-electron chi connectivity index (χ1n) is 24.8. The van der Waals surface area contributed by atoms with E-state index in [-0.39, 0.29) is 46.2 Å². The van der Waals surface area contributed by atoms with Crippen molar-refractivity contribution in [1.29, 1.82) is 0 Å². The molecule has 1 unspecified atom stereocenters. The van der Waals surface area contributed by atoms with Crippen LogP contribution in [0.15, 0.2) is 212 Å². The molecule has 10 atom stereocenters. The molecule has 0 radical (unpaired) electrons. The molecule has 2 aliphatic rings. The van der Waals surface area contributed by atoms with Crippen LogP contribution in [0.3, 0.4) is 0 Å². The van der Waals surface area contributed by atoms with Crippen LogP contribution in [0, 0.1) is 0 Å². The summed E-state index contributed by atoms with van der Waals surface area (Å²) < 4.78 is 68.6. The second-order valence-electron chi connectivity index (χ2n) is 18.0. The Kier molecular flexibility index (Phi) is 19.3. The molecule has 1 N–H and O–H groups in total. The third-order valence-corrected chi connectivity index (χ3v) is 12.7. The Bertz CT molecular complexity index is 2550. The Balaban J connectivity index is 1.10. The van der Waals surface area contributed by atoms with Gasteiger partial charge < -0.3 is 52.5 Å². The summed E-state index contributed by atoms with van der Waals surface area (Å²) in [6, 6.07) is 69.6. The van der Waals surface area contributed by atoms with E-state index in [0.29, 0.717) is 13.2 Å².